The van der Waals surface area contributed by atoms with Gasteiger partial charge in [-0.3, -0.25) is 14.4 Å². The number of esters is 1. The van der Waals surface area contributed by atoms with Crippen molar-refractivity contribution in [2.75, 3.05) is 13.2 Å². The second-order valence-electron chi connectivity index (χ2n) is 10.5. The van der Waals surface area contributed by atoms with Crippen LogP contribution in [0.1, 0.15) is 105 Å². The normalized spacial score (nSPS) is 13.4. The Hall–Kier alpha value is -2.69. The Morgan fingerprint density at radius 1 is 0.789 bits per heavy atom. The largest absolute Gasteiger partial charge is 0.465 e. The number of Topliss-reactive ketones (excluding diaryl/α,β-unsaturated/α-hetero) is 1. The van der Waals surface area contributed by atoms with Crippen LogP contribution in [0.4, 0.5) is 0 Å². The van der Waals surface area contributed by atoms with Crippen molar-refractivity contribution in [1.29, 1.82) is 0 Å². The molecule has 1 amide bonds. The van der Waals surface area contributed by atoms with E-state index in [0.717, 1.165) is 51.4 Å². The monoisotopic (exact) mass is 527 g/mol. The van der Waals surface area contributed by atoms with Gasteiger partial charge in [0, 0.05) is 37.1 Å². The molecule has 5 nitrogen and oxygen atoms in total. The number of ketones is 1. The lowest BCUT2D eigenvalue weighted by Gasteiger charge is -2.23. The third-order valence-corrected chi connectivity index (χ3v) is 6.03. The molecule has 0 aromatic heterocycles. The molecule has 38 heavy (non-hydrogen) atoms. The first kappa shape index (κ1) is 35.3. The zero-order valence-corrected chi connectivity index (χ0v) is 24.7. The number of hydrogen-bond donors (Lipinski definition) is 1. The maximum atomic E-state index is 12.2. The lowest BCUT2D eigenvalue weighted by atomic mass is 9.90. The summed E-state index contributed by atoms with van der Waals surface area (Å²) in [5, 5.41) is 2.80. The van der Waals surface area contributed by atoms with E-state index in [1.807, 2.05) is 27.7 Å². The first-order valence-electron chi connectivity index (χ1n) is 14.4. The number of carbonyl (C=O) groups is 3. The van der Waals surface area contributed by atoms with E-state index in [0.29, 0.717) is 19.4 Å². The van der Waals surface area contributed by atoms with Crippen molar-refractivity contribution in [2.24, 2.45) is 11.3 Å². The molecule has 0 aromatic carbocycles. The van der Waals surface area contributed by atoms with Crippen molar-refractivity contribution in [3.63, 3.8) is 0 Å². The zero-order chi connectivity index (χ0) is 28.5. The number of hydrogen-bond acceptors (Lipinski definition) is 4. The summed E-state index contributed by atoms with van der Waals surface area (Å²) in [6, 6.07) is 0. The summed E-state index contributed by atoms with van der Waals surface area (Å²) in [6.45, 7) is 10.4. The third-order valence-electron chi connectivity index (χ3n) is 6.03. The minimum Gasteiger partial charge on any atom is -0.465 e. The van der Waals surface area contributed by atoms with Gasteiger partial charge in [-0.2, -0.15) is 0 Å². The van der Waals surface area contributed by atoms with Crippen molar-refractivity contribution < 1.29 is 19.1 Å². The minimum atomic E-state index is -0.454. The highest BCUT2D eigenvalue weighted by Crippen LogP contribution is 2.21. The highest BCUT2D eigenvalue weighted by atomic mass is 16.5. The van der Waals surface area contributed by atoms with E-state index >= 15 is 0 Å². The van der Waals surface area contributed by atoms with E-state index in [2.05, 4.69) is 73.0 Å². The van der Waals surface area contributed by atoms with E-state index in [-0.39, 0.29) is 36.6 Å². The molecule has 0 radical (unpaired) electrons. The molecule has 0 aliphatic rings. The molecule has 0 saturated heterocycles. The Balaban J connectivity index is 3.88. The number of ether oxygens (including phenoxy) is 1. The molecule has 0 spiro atoms. The maximum absolute atomic E-state index is 12.2. The van der Waals surface area contributed by atoms with Crippen molar-refractivity contribution in [1.82, 2.24) is 5.32 Å². The molecule has 1 unspecified atom stereocenters. The molecular formula is C33H53NO4. The number of nitrogens with one attached hydrogen (secondary N) is 1. The fourth-order valence-electron chi connectivity index (χ4n) is 3.43. The average Bonchev–Trinajstić information content (AvgIpc) is 2.88. The smallest absolute Gasteiger partial charge is 0.305 e. The Labute approximate surface area is 232 Å². The van der Waals surface area contributed by atoms with Crippen molar-refractivity contribution in [2.45, 2.75) is 105 Å². The molecular weight excluding hydrogens is 474 g/mol. The predicted octanol–water partition coefficient (Wildman–Crippen LogP) is 7.99. The summed E-state index contributed by atoms with van der Waals surface area (Å²) >= 11 is 0. The molecule has 0 aliphatic heterocycles. The second kappa shape index (κ2) is 23.4. The van der Waals surface area contributed by atoms with Crippen LogP contribution in [0.2, 0.25) is 0 Å². The standard InChI is InChI=1S/C33H53NO4/c1-6-8-9-10-11-12-13-14-15-16-17-18-19-20-21-22-23-24-32(37)38-28-33(4,5)27-31(36)34-26-25-30(35)29(3)7-2/h8-9,11-12,14-15,17-18,20-21,29H,6-7,10,13,16,19,22-28H2,1-5H3,(H,34,36)/b9-8-,12-11-,15-14-,18-17-,21-20-. The van der Waals surface area contributed by atoms with Crippen LogP contribution in [-0.4, -0.2) is 30.8 Å². The molecule has 0 aliphatic carbocycles. The van der Waals surface area contributed by atoms with Gasteiger partial charge in [0.25, 0.3) is 0 Å². The number of carbonyl (C=O) groups excluding carboxylic acids is 3. The van der Waals surface area contributed by atoms with Gasteiger partial charge in [-0.15, -0.1) is 0 Å². The molecule has 5 heteroatoms. The summed E-state index contributed by atoms with van der Waals surface area (Å²) in [5.41, 5.74) is -0.454. The third kappa shape index (κ3) is 22.5. The number of unbranched alkanes of at least 4 members (excludes halogenated alkanes) is 1. The summed E-state index contributed by atoms with van der Waals surface area (Å²) < 4.78 is 5.40. The van der Waals surface area contributed by atoms with Crippen molar-refractivity contribution in [3.05, 3.63) is 60.8 Å². The van der Waals surface area contributed by atoms with Crippen LogP contribution in [0, 0.1) is 11.3 Å². The van der Waals surface area contributed by atoms with Gasteiger partial charge in [0.2, 0.25) is 5.91 Å². The lowest BCUT2D eigenvalue weighted by molar-refractivity contribution is -0.148. The van der Waals surface area contributed by atoms with Crippen LogP contribution >= 0.6 is 0 Å². The maximum Gasteiger partial charge on any atom is 0.305 e. The Morgan fingerprint density at radius 3 is 1.84 bits per heavy atom. The zero-order valence-electron chi connectivity index (χ0n) is 24.7. The quantitative estimate of drug-likeness (QED) is 0.0880. The minimum absolute atomic E-state index is 0.0312. The molecule has 1 N–H and O–H groups in total. The molecule has 1 atom stereocenters. The first-order chi connectivity index (χ1) is 18.2. The predicted molar refractivity (Wildman–Crippen MR) is 160 cm³/mol. The van der Waals surface area contributed by atoms with Gasteiger partial charge in [-0.05, 0) is 51.4 Å². The van der Waals surface area contributed by atoms with E-state index in [1.54, 1.807) is 0 Å². The van der Waals surface area contributed by atoms with E-state index in [1.165, 1.54) is 0 Å². The van der Waals surface area contributed by atoms with Crippen LogP contribution in [0.25, 0.3) is 0 Å². The fraction of sp³-hybridized carbons (Fsp3) is 0.606. The highest BCUT2D eigenvalue weighted by Gasteiger charge is 2.24. The van der Waals surface area contributed by atoms with Crippen molar-refractivity contribution >= 4 is 17.7 Å². The van der Waals surface area contributed by atoms with Crippen LogP contribution in [0.3, 0.4) is 0 Å². The number of allylic oxidation sites excluding steroid dienone is 10. The van der Waals surface area contributed by atoms with E-state index in [4.69, 9.17) is 4.74 Å². The Bertz CT molecular complexity index is 802. The van der Waals surface area contributed by atoms with E-state index < -0.39 is 5.41 Å². The molecule has 214 valence electrons. The topological polar surface area (TPSA) is 72.5 Å². The summed E-state index contributed by atoms with van der Waals surface area (Å²) in [6.07, 6.45) is 30.0. The van der Waals surface area contributed by atoms with Crippen LogP contribution in [0.5, 0.6) is 0 Å². The van der Waals surface area contributed by atoms with Gasteiger partial charge < -0.3 is 10.1 Å². The van der Waals surface area contributed by atoms with Gasteiger partial charge >= 0.3 is 5.97 Å². The molecule has 0 heterocycles. The average molecular weight is 528 g/mol. The van der Waals surface area contributed by atoms with Gasteiger partial charge in [0.05, 0.1) is 6.61 Å². The molecule has 0 bridgehead atoms. The molecule has 0 saturated carbocycles. The fourth-order valence-corrected chi connectivity index (χ4v) is 3.43. The van der Waals surface area contributed by atoms with Gasteiger partial charge in [0.15, 0.2) is 0 Å². The summed E-state index contributed by atoms with van der Waals surface area (Å²) in [5.74, 6) is -0.152. The number of rotatable bonds is 22. The SMILES string of the molecule is CC/C=C\C/C=C\C/C=C\C/C=C\C/C=C\CCCC(=O)OCC(C)(C)CC(=O)NCCC(=O)C(C)CC. The summed E-state index contributed by atoms with van der Waals surface area (Å²) in [7, 11) is 0. The molecule has 0 rings (SSSR count). The number of amides is 1. The molecule has 0 fully saturated rings. The van der Waals surface area contributed by atoms with Gasteiger partial charge in [-0.25, -0.2) is 0 Å². The Morgan fingerprint density at radius 2 is 1.32 bits per heavy atom. The first-order valence-corrected chi connectivity index (χ1v) is 14.4. The van der Waals surface area contributed by atoms with Gasteiger partial charge in [-0.1, -0.05) is 95.4 Å². The van der Waals surface area contributed by atoms with E-state index in [9.17, 15) is 14.4 Å². The lowest BCUT2D eigenvalue weighted by Crippen LogP contribution is -2.33. The van der Waals surface area contributed by atoms with Crippen molar-refractivity contribution in [3.8, 4) is 0 Å². The summed E-state index contributed by atoms with van der Waals surface area (Å²) in [4.78, 5) is 36.1. The van der Waals surface area contributed by atoms with Crippen LogP contribution in [-0.2, 0) is 19.1 Å². The van der Waals surface area contributed by atoms with Crippen LogP contribution < -0.4 is 5.32 Å². The highest BCUT2D eigenvalue weighted by molar-refractivity contribution is 5.82. The molecule has 0 aromatic rings. The second-order valence-corrected chi connectivity index (χ2v) is 10.5. The van der Waals surface area contributed by atoms with Gasteiger partial charge in [0.1, 0.15) is 5.78 Å². The Kier molecular flexibility index (Phi) is 21.8. The van der Waals surface area contributed by atoms with Crippen LogP contribution in [0.15, 0.2) is 60.8 Å².